The first-order valence-corrected chi connectivity index (χ1v) is 8.56. The Bertz CT molecular complexity index is 750. The summed E-state index contributed by atoms with van der Waals surface area (Å²) in [6.45, 7) is 9.09. The fraction of sp³-hybridized carbons (Fsp3) is 0.588. The van der Waals surface area contributed by atoms with Crippen LogP contribution in [0, 0.1) is 20.8 Å². The molecule has 8 nitrogen and oxygen atoms in total. The molecule has 0 bridgehead atoms. The van der Waals surface area contributed by atoms with E-state index in [1.165, 1.54) is 0 Å². The second kappa shape index (κ2) is 7.37. The molecular formula is C17H26N6O2. The van der Waals surface area contributed by atoms with E-state index in [1.54, 1.807) is 4.68 Å². The van der Waals surface area contributed by atoms with Crippen molar-refractivity contribution in [2.24, 2.45) is 7.05 Å². The Kier molecular flexibility index (Phi) is 5.19. The molecule has 0 saturated carbocycles. The lowest BCUT2D eigenvalue weighted by Crippen LogP contribution is -2.47. The number of anilines is 1. The molecule has 136 valence electrons. The number of aryl methyl sites for hydroxylation is 4. The maximum atomic E-state index is 12.3. The van der Waals surface area contributed by atoms with E-state index in [9.17, 15) is 4.79 Å². The largest absolute Gasteiger partial charge is 0.374 e. The van der Waals surface area contributed by atoms with E-state index in [-0.39, 0.29) is 12.0 Å². The first kappa shape index (κ1) is 17.6. The molecule has 0 aromatic carbocycles. The molecule has 2 aromatic heterocycles. The highest BCUT2D eigenvalue weighted by molar-refractivity contribution is 5.91. The second-order valence-electron chi connectivity index (χ2n) is 6.68. The van der Waals surface area contributed by atoms with Gasteiger partial charge in [0.05, 0.1) is 37.2 Å². The van der Waals surface area contributed by atoms with Crippen LogP contribution in [-0.4, -0.2) is 62.7 Å². The summed E-state index contributed by atoms with van der Waals surface area (Å²) in [7, 11) is 1.82. The van der Waals surface area contributed by atoms with Gasteiger partial charge in [-0.15, -0.1) is 0 Å². The third-order valence-corrected chi connectivity index (χ3v) is 4.34. The third kappa shape index (κ3) is 4.46. The molecule has 1 saturated heterocycles. The highest BCUT2D eigenvalue weighted by Crippen LogP contribution is 2.11. The van der Waals surface area contributed by atoms with E-state index >= 15 is 0 Å². The molecule has 0 unspecified atom stereocenters. The van der Waals surface area contributed by atoms with Crippen molar-refractivity contribution in [3.63, 3.8) is 0 Å². The van der Waals surface area contributed by atoms with E-state index in [4.69, 9.17) is 4.74 Å². The van der Waals surface area contributed by atoms with E-state index in [0.717, 1.165) is 36.0 Å². The van der Waals surface area contributed by atoms with Crippen LogP contribution in [0.5, 0.6) is 0 Å². The number of nitrogens with zero attached hydrogens (tertiary/aromatic N) is 5. The minimum Gasteiger partial charge on any atom is -0.374 e. The molecule has 1 fully saturated rings. The Morgan fingerprint density at radius 1 is 1.28 bits per heavy atom. The molecule has 2 aromatic rings. The van der Waals surface area contributed by atoms with E-state index in [2.05, 4.69) is 26.5 Å². The van der Waals surface area contributed by atoms with Gasteiger partial charge in [-0.3, -0.25) is 19.1 Å². The number of aromatic nitrogens is 4. The molecule has 1 N–H and O–H groups in total. The number of rotatable bonds is 5. The summed E-state index contributed by atoms with van der Waals surface area (Å²) in [5.74, 6) is 0.685. The van der Waals surface area contributed by atoms with Crippen molar-refractivity contribution in [2.45, 2.75) is 33.4 Å². The van der Waals surface area contributed by atoms with Crippen LogP contribution >= 0.6 is 0 Å². The van der Waals surface area contributed by atoms with Crippen molar-refractivity contribution in [3.8, 4) is 0 Å². The number of amides is 1. The first-order valence-electron chi connectivity index (χ1n) is 8.56. The lowest BCUT2D eigenvalue weighted by molar-refractivity contribution is -0.119. The zero-order chi connectivity index (χ0) is 18.0. The number of morpholine rings is 1. The predicted octanol–water partition coefficient (Wildman–Crippen LogP) is 0.881. The fourth-order valence-corrected chi connectivity index (χ4v) is 3.20. The minimum atomic E-state index is -0.0326. The molecule has 0 radical (unpaired) electrons. The number of carbonyl (C=O) groups excluding carboxylic acids is 1. The summed E-state index contributed by atoms with van der Waals surface area (Å²) < 4.78 is 9.50. The molecule has 25 heavy (non-hydrogen) atoms. The maximum absolute atomic E-state index is 12.3. The van der Waals surface area contributed by atoms with Crippen molar-refractivity contribution >= 4 is 11.7 Å². The van der Waals surface area contributed by atoms with Crippen LogP contribution in [0.4, 0.5) is 5.82 Å². The third-order valence-electron chi connectivity index (χ3n) is 4.34. The Morgan fingerprint density at radius 3 is 2.68 bits per heavy atom. The molecule has 0 spiro atoms. The van der Waals surface area contributed by atoms with Crippen LogP contribution in [0.25, 0.3) is 0 Å². The van der Waals surface area contributed by atoms with Crippen molar-refractivity contribution in [1.29, 1.82) is 0 Å². The lowest BCUT2D eigenvalue weighted by atomic mass is 10.2. The van der Waals surface area contributed by atoms with E-state index in [0.29, 0.717) is 19.7 Å². The van der Waals surface area contributed by atoms with E-state index < -0.39 is 0 Å². The monoisotopic (exact) mass is 346 g/mol. The van der Waals surface area contributed by atoms with Crippen molar-refractivity contribution < 1.29 is 9.53 Å². The van der Waals surface area contributed by atoms with Gasteiger partial charge in [0.15, 0.2) is 0 Å². The van der Waals surface area contributed by atoms with Crippen LogP contribution in [0.3, 0.4) is 0 Å². The van der Waals surface area contributed by atoms with Gasteiger partial charge in [0.2, 0.25) is 5.91 Å². The molecule has 1 aliphatic heterocycles. The SMILES string of the molecule is Cc1cc(NC(=O)CN2CCO[C@@H](Cn3nc(C)cc3C)C2)n(C)n1. The van der Waals surface area contributed by atoms with Gasteiger partial charge in [-0.25, -0.2) is 0 Å². The van der Waals surface area contributed by atoms with Gasteiger partial charge >= 0.3 is 0 Å². The number of hydrogen-bond donors (Lipinski definition) is 1. The van der Waals surface area contributed by atoms with Crippen LogP contribution in [-0.2, 0) is 23.1 Å². The number of hydrogen-bond acceptors (Lipinski definition) is 5. The van der Waals surface area contributed by atoms with Crippen LogP contribution in [0.1, 0.15) is 17.1 Å². The molecule has 1 aliphatic rings. The topological polar surface area (TPSA) is 77.2 Å². The molecular weight excluding hydrogens is 320 g/mol. The van der Waals surface area contributed by atoms with Gasteiger partial charge in [-0.05, 0) is 26.8 Å². The summed E-state index contributed by atoms with van der Waals surface area (Å²) in [5.41, 5.74) is 3.02. The Balaban J connectivity index is 1.53. The van der Waals surface area contributed by atoms with Crippen LogP contribution in [0.2, 0.25) is 0 Å². The standard InChI is InChI=1S/C17H26N6O2/c1-12-7-14(3)23(20-12)10-15-9-22(5-6-25-15)11-17(24)18-16-8-13(2)19-21(16)4/h7-8,15H,5-6,9-11H2,1-4H3,(H,18,24)/t15-/m1/s1. The quantitative estimate of drug-likeness (QED) is 0.870. The highest BCUT2D eigenvalue weighted by atomic mass is 16.5. The van der Waals surface area contributed by atoms with Crippen molar-refractivity contribution in [1.82, 2.24) is 24.5 Å². The number of carbonyl (C=O) groups is 1. The first-order chi connectivity index (χ1) is 11.9. The smallest absolute Gasteiger partial charge is 0.239 e. The molecule has 1 amide bonds. The van der Waals surface area contributed by atoms with Gasteiger partial charge in [-0.2, -0.15) is 10.2 Å². The molecule has 1 atom stereocenters. The van der Waals surface area contributed by atoms with E-state index in [1.807, 2.05) is 38.6 Å². The average Bonchev–Trinajstić information content (AvgIpc) is 3.00. The Hall–Kier alpha value is -2.19. The molecule has 3 heterocycles. The number of ether oxygens (including phenoxy) is 1. The normalized spacial score (nSPS) is 18.5. The molecule has 0 aliphatic carbocycles. The van der Waals surface area contributed by atoms with Crippen molar-refractivity contribution in [2.75, 3.05) is 31.6 Å². The van der Waals surface area contributed by atoms with Gasteiger partial charge in [0.1, 0.15) is 5.82 Å². The molecule has 3 rings (SSSR count). The fourth-order valence-electron chi connectivity index (χ4n) is 3.20. The Labute approximate surface area is 147 Å². The van der Waals surface area contributed by atoms with Gasteiger partial charge < -0.3 is 10.1 Å². The maximum Gasteiger partial charge on any atom is 0.239 e. The summed E-state index contributed by atoms with van der Waals surface area (Å²) in [6.07, 6.45) is 0.0403. The summed E-state index contributed by atoms with van der Waals surface area (Å²) in [4.78, 5) is 14.4. The van der Waals surface area contributed by atoms with Gasteiger partial charge in [0.25, 0.3) is 0 Å². The summed E-state index contributed by atoms with van der Waals surface area (Å²) in [6, 6.07) is 3.92. The van der Waals surface area contributed by atoms with Crippen LogP contribution in [0.15, 0.2) is 12.1 Å². The zero-order valence-corrected chi connectivity index (χ0v) is 15.3. The van der Waals surface area contributed by atoms with Crippen LogP contribution < -0.4 is 5.32 Å². The highest BCUT2D eigenvalue weighted by Gasteiger charge is 2.23. The van der Waals surface area contributed by atoms with Gasteiger partial charge in [0, 0.05) is 31.9 Å². The van der Waals surface area contributed by atoms with Crippen molar-refractivity contribution in [3.05, 3.63) is 29.2 Å². The second-order valence-corrected chi connectivity index (χ2v) is 6.68. The lowest BCUT2D eigenvalue weighted by Gasteiger charge is -2.32. The summed E-state index contributed by atoms with van der Waals surface area (Å²) >= 11 is 0. The predicted molar refractivity (Wildman–Crippen MR) is 94.5 cm³/mol. The van der Waals surface area contributed by atoms with Gasteiger partial charge in [-0.1, -0.05) is 0 Å². The summed E-state index contributed by atoms with van der Waals surface area (Å²) in [5, 5.41) is 11.6. The zero-order valence-electron chi connectivity index (χ0n) is 15.3. The minimum absolute atomic E-state index is 0.0326. The average molecular weight is 346 g/mol. The number of nitrogens with one attached hydrogen (secondary N) is 1. The Morgan fingerprint density at radius 2 is 2.04 bits per heavy atom. The molecule has 8 heteroatoms.